The van der Waals surface area contributed by atoms with E-state index in [1.54, 1.807) is 13.0 Å². The van der Waals surface area contributed by atoms with Crippen LogP contribution in [-0.4, -0.2) is 8.42 Å². The first-order valence-electron chi connectivity index (χ1n) is 5.92. The van der Waals surface area contributed by atoms with E-state index in [2.05, 4.69) is 4.72 Å². The maximum Gasteiger partial charge on any atom is 0.264 e. The number of nitrogens with one attached hydrogen (secondary N) is 1. The first-order chi connectivity index (χ1) is 9.83. The lowest BCUT2D eigenvalue weighted by molar-refractivity contribution is 0.599. The molecule has 108 valence electrons. The van der Waals surface area contributed by atoms with Crippen LogP contribution >= 0.6 is 0 Å². The van der Waals surface area contributed by atoms with Gasteiger partial charge in [0.25, 0.3) is 10.0 Å². The van der Waals surface area contributed by atoms with Crippen LogP contribution in [0.1, 0.15) is 11.1 Å². The van der Waals surface area contributed by atoms with Gasteiger partial charge in [0, 0.05) is 0 Å². The molecule has 7 heteroatoms. The van der Waals surface area contributed by atoms with E-state index < -0.39 is 15.8 Å². The predicted molar refractivity (Wildman–Crippen MR) is 77.5 cm³/mol. The van der Waals surface area contributed by atoms with Crippen LogP contribution in [0.25, 0.3) is 0 Å². The van der Waals surface area contributed by atoms with Gasteiger partial charge in [-0.2, -0.15) is 5.26 Å². The summed E-state index contributed by atoms with van der Waals surface area (Å²) >= 11 is 0. The SMILES string of the molecule is Cc1ccc(NS(=O)(=O)c2ccc(C#N)cc2N)c(F)c1. The smallest absolute Gasteiger partial charge is 0.264 e. The van der Waals surface area contributed by atoms with Crippen molar-refractivity contribution in [3.05, 3.63) is 53.3 Å². The van der Waals surface area contributed by atoms with Gasteiger partial charge in [0.2, 0.25) is 0 Å². The van der Waals surface area contributed by atoms with Crippen molar-refractivity contribution in [1.29, 1.82) is 5.26 Å². The summed E-state index contributed by atoms with van der Waals surface area (Å²) < 4.78 is 40.3. The number of nitrogens with two attached hydrogens (primary N) is 1. The van der Waals surface area contributed by atoms with Gasteiger partial charge < -0.3 is 5.73 Å². The zero-order chi connectivity index (χ0) is 15.6. The highest BCUT2D eigenvalue weighted by atomic mass is 32.2. The van der Waals surface area contributed by atoms with Crippen LogP contribution in [0.2, 0.25) is 0 Å². The molecule has 2 aromatic rings. The molecular formula is C14H12FN3O2S. The summed E-state index contributed by atoms with van der Waals surface area (Å²) in [7, 11) is -4.03. The lowest BCUT2D eigenvalue weighted by atomic mass is 10.2. The Balaban J connectivity index is 2.41. The maximum atomic E-state index is 13.7. The topological polar surface area (TPSA) is 96.0 Å². The molecule has 0 radical (unpaired) electrons. The summed E-state index contributed by atoms with van der Waals surface area (Å²) in [5, 5.41) is 8.73. The second kappa shape index (κ2) is 5.42. The van der Waals surface area contributed by atoms with Crippen molar-refractivity contribution in [3.63, 3.8) is 0 Å². The summed E-state index contributed by atoms with van der Waals surface area (Å²) in [5.41, 5.74) is 6.32. The average Bonchev–Trinajstić information content (AvgIpc) is 2.41. The van der Waals surface area contributed by atoms with Gasteiger partial charge in [-0.1, -0.05) is 6.07 Å². The number of sulfonamides is 1. The molecule has 0 aliphatic rings. The van der Waals surface area contributed by atoms with Gasteiger partial charge >= 0.3 is 0 Å². The van der Waals surface area contributed by atoms with E-state index in [1.165, 1.54) is 30.3 Å². The summed E-state index contributed by atoms with van der Waals surface area (Å²) in [6.45, 7) is 1.69. The molecule has 0 saturated heterocycles. The lowest BCUT2D eigenvalue weighted by Crippen LogP contribution is -2.15. The number of rotatable bonds is 3. The van der Waals surface area contributed by atoms with Crippen LogP contribution in [0.3, 0.4) is 0 Å². The van der Waals surface area contributed by atoms with Gasteiger partial charge in [-0.05, 0) is 42.8 Å². The summed E-state index contributed by atoms with van der Waals surface area (Å²) in [4.78, 5) is -0.207. The average molecular weight is 305 g/mol. The zero-order valence-electron chi connectivity index (χ0n) is 11.1. The molecule has 0 aromatic heterocycles. The Kier molecular flexibility index (Phi) is 3.82. The molecular weight excluding hydrogens is 293 g/mol. The Hall–Kier alpha value is -2.59. The maximum absolute atomic E-state index is 13.7. The normalized spacial score (nSPS) is 10.9. The standard InChI is InChI=1S/C14H12FN3O2S/c1-9-2-4-13(11(15)6-9)18-21(19,20)14-5-3-10(8-16)7-12(14)17/h2-7,18H,17H2,1H3. The van der Waals surface area contributed by atoms with E-state index in [0.29, 0.717) is 5.56 Å². The molecule has 0 aliphatic heterocycles. The minimum atomic E-state index is -4.03. The van der Waals surface area contributed by atoms with Crippen molar-refractivity contribution >= 4 is 21.4 Å². The number of benzene rings is 2. The van der Waals surface area contributed by atoms with Crippen molar-refractivity contribution in [3.8, 4) is 6.07 Å². The third-order valence-electron chi connectivity index (χ3n) is 2.80. The molecule has 0 amide bonds. The van der Waals surface area contributed by atoms with Crippen molar-refractivity contribution in [1.82, 2.24) is 0 Å². The highest BCUT2D eigenvalue weighted by Crippen LogP contribution is 2.24. The molecule has 2 rings (SSSR count). The summed E-state index contributed by atoms with van der Waals surface area (Å²) in [5.74, 6) is -0.675. The Morgan fingerprint density at radius 3 is 2.52 bits per heavy atom. The monoisotopic (exact) mass is 305 g/mol. The van der Waals surface area contributed by atoms with Gasteiger partial charge in [-0.25, -0.2) is 12.8 Å². The summed E-state index contributed by atoms with van der Waals surface area (Å²) in [6, 6.07) is 9.79. The van der Waals surface area contributed by atoms with Crippen LogP contribution in [0, 0.1) is 24.1 Å². The first kappa shape index (κ1) is 14.8. The Bertz CT molecular complexity index is 842. The molecule has 0 atom stereocenters. The third-order valence-corrected chi connectivity index (χ3v) is 4.24. The van der Waals surface area contributed by atoms with E-state index >= 15 is 0 Å². The van der Waals surface area contributed by atoms with Crippen molar-refractivity contribution in [2.45, 2.75) is 11.8 Å². The fraction of sp³-hybridized carbons (Fsp3) is 0.0714. The van der Waals surface area contributed by atoms with Gasteiger partial charge in [0.05, 0.1) is 23.0 Å². The Morgan fingerprint density at radius 2 is 1.95 bits per heavy atom. The Morgan fingerprint density at radius 1 is 1.24 bits per heavy atom. The fourth-order valence-corrected chi connectivity index (χ4v) is 2.95. The molecule has 0 aliphatic carbocycles. The van der Waals surface area contributed by atoms with E-state index in [1.807, 2.05) is 6.07 Å². The number of hydrogen-bond acceptors (Lipinski definition) is 4. The molecule has 0 saturated carbocycles. The van der Waals surface area contributed by atoms with E-state index in [4.69, 9.17) is 11.0 Å². The molecule has 5 nitrogen and oxygen atoms in total. The van der Waals surface area contributed by atoms with Crippen molar-refractivity contribution in [2.75, 3.05) is 10.5 Å². The third kappa shape index (κ3) is 3.12. The number of aryl methyl sites for hydroxylation is 1. The number of nitrogen functional groups attached to an aromatic ring is 1. The quantitative estimate of drug-likeness (QED) is 0.851. The highest BCUT2D eigenvalue weighted by molar-refractivity contribution is 7.92. The first-order valence-corrected chi connectivity index (χ1v) is 7.40. The number of hydrogen-bond donors (Lipinski definition) is 2. The van der Waals surface area contributed by atoms with Crippen LogP contribution in [0.15, 0.2) is 41.3 Å². The molecule has 0 unspecified atom stereocenters. The Labute approximate surface area is 121 Å². The van der Waals surface area contributed by atoms with E-state index in [0.717, 1.165) is 0 Å². The zero-order valence-corrected chi connectivity index (χ0v) is 11.9. The van der Waals surface area contributed by atoms with Gasteiger partial charge in [0.15, 0.2) is 0 Å². The van der Waals surface area contributed by atoms with Crippen LogP contribution in [-0.2, 0) is 10.0 Å². The number of nitriles is 1. The van der Waals surface area contributed by atoms with E-state index in [-0.39, 0.29) is 21.8 Å². The van der Waals surface area contributed by atoms with Gasteiger partial charge in [-0.3, -0.25) is 4.72 Å². The molecule has 0 bridgehead atoms. The van der Waals surface area contributed by atoms with Crippen LogP contribution in [0.4, 0.5) is 15.8 Å². The van der Waals surface area contributed by atoms with Crippen LogP contribution < -0.4 is 10.5 Å². The number of halogens is 1. The van der Waals surface area contributed by atoms with Crippen LogP contribution in [0.5, 0.6) is 0 Å². The second-order valence-corrected chi connectivity index (χ2v) is 6.10. The largest absolute Gasteiger partial charge is 0.398 e. The van der Waals surface area contributed by atoms with Crippen molar-refractivity contribution in [2.24, 2.45) is 0 Å². The minimum absolute atomic E-state index is 0.0749. The molecule has 21 heavy (non-hydrogen) atoms. The molecule has 3 N–H and O–H groups in total. The molecule has 0 fully saturated rings. The number of nitrogens with zero attached hydrogens (tertiary/aromatic N) is 1. The highest BCUT2D eigenvalue weighted by Gasteiger charge is 2.19. The van der Waals surface area contributed by atoms with Gasteiger partial charge in [0.1, 0.15) is 10.7 Å². The van der Waals surface area contributed by atoms with Crippen molar-refractivity contribution < 1.29 is 12.8 Å². The predicted octanol–water partition coefficient (Wildman–Crippen LogP) is 2.39. The fourth-order valence-electron chi connectivity index (χ4n) is 1.77. The molecule has 0 spiro atoms. The molecule has 0 heterocycles. The minimum Gasteiger partial charge on any atom is -0.398 e. The van der Waals surface area contributed by atoms with Gasteiger partial charge in [-0.15, -0.1) is 0 Å². The lowest BCUT2D eigenvalue weighted by Gasteiger charge is -2.11. The molecule has 2 aromatic carbocycles. The van der Waals surface area contributed by atoms with E-state index in [9.17, 15) is 12.8 Å². The summed E-state index contributed by atoms with van der Waals surface area (Å²) in [6.07, 6.45) is 0. The number of anilines is 2. The second-order valence-electron chi connectivity index (χ2n) is 4.45.